The summed E-state index contributed by atoms with van der Waals surface area (Å²) in [6.45, 7) is 3.57. The minimum atomic E-state index is -1.14. The summed E-state index contributed by atoms with van der Waals surface area (Å²) >= 11 is 7.75. The monoisotopic (exact) mass is 564 g/mol. The van der Waals surface area contributed by atoms with Gasteiger partial charge in [-0.1, -0.05) is 41.4 Å². The molecule has 3 N–H and O–H groups in total. The fourth-order valence-corrected chi connectivity index (χ4v) is 4.46. The van der Waals surface area contributed by atoms with Gasteiger partial charge in [0.15, 0.2) is 23.2 Å². The molecule has 0 aliphatic rings. The molecule has 3 aromatic carbocycles. The quantitative estimate of drug-likeness (QED) is 0.148. The van der Waals surface area contributed by atoms with Gasteiger partial charge in [-0.2, -0.15) is 5.10 Å². The first-order valence-corrected chi connectivity index (χ1v) is 13.1. The second kappa shape index (κ2) is 12.9. The minimum absolute atomic E-state index is 0.125. The highest BCUT2D eigenvalue weighted by molar-refractivity contribution is 7.14. The van der Waals surface area contributed by atoms with E-state index >= 15 is 0 Å². The van der Waals surface area contributed by atoms with Crippen molar-refractivity contribution in [3.63, 3.8) is 0 Å². The maximum Gasteiger partial charge on any atom is 0.341 e. The van der Waals surface area contributed by atoms with Crippen molar-refractivity contribution in [2.45, 2.75) is 13.8 Å². The Morgan fingerprint density at radius 3 is 2.54 bits per heavy atom. The van der Waals surface area contributed by atoms with Crippen LogP contribution in [0, 0.1) is 6.92 Å². The van der Waals surface area contributed by atoms with Crippen molar-refractivity contribution in [2.75, 3.05) is 18.5 Å². The predicted octanol–water partition coefficient (Wildman–Crippen LogP) is 6.14. The molecule has 0 aliphatic carbocycles. The number of carbonyl (C=O) groups is 2. The molecule has 39 heavy (non-hydrogen) atoms. The third-order valence-electron chi connectivity index (χ3n) is 5.30. The number of anilines is 2. The molecule has 0 bridgehead atoms. The van der Waals surface area contributed by atoms with Gasteiger partial charge in [-0.25, -0.2) is 15.2 Å². The van der Waals surface area contributed by atoms with E-state index in [9.17, 15) is 9.59 Å². The maximum atomic E-state index is 12.6. The summed E-state index contributed by atoms with van der Waals surface area (Å²) < 4.78 is 10.7. The Bertz CT molecular complexity index is 1490. The van der Waals surface area contributed by atoms with Crippen molar-refractivity contribution < 1.29 is 24.2 Å². The molecule has 0 spiro atoms. The zero-order valence-corrected chi connectivity index (χ0v) is 22.7. The Kier molecular flexibility index (Phi) is 9.14. The van der Waals surface area contributed by atoms with Crippen molar-refractivity contribution in [3.8, 4) is 22.8 Å². The van der Waals surface area contributed by atoms with Gasteiger partial charge in [-0.05, 0) is 55.8 Å². The van der Waals surface area contributed by atoms with Crippen molar-refractivity contribution in [1.29, 1.82) is 0 Å². The number of nitrogens with zero attached hydrogens (tertiary/aromatic N) is 2. The van der Waals surface area contributed by atoms with E-state index in [1.807, 2.05) is 48.7 Å². The van der Waals surface area contributed by atoms with E-state index in [0.717, 1.165) is 22.1 Å². The Morgan fingerprint density at radius 2 is 1.85 bits per heavy atom. The number of benzene rings is 3. The second-order valence-electron chi connectivity index (χ2n) is 8.25. The number of hydrazone groups is 1. The smallest absolute Gasteiger partial charge is 0.341 e. The van der Waals surface area contributed by atoms with Crippen molar-refractivity contribution in [2.24, 2.45) is 5.10 Å². The summed E-state index contributed by atoms with van der Waals surface area (Å²) in [4.78, 5) is 28.0. The number of hydrogen-bond donors (Lipinski definition) is 3. The topological polar surface area (TPSA) is 122 Å². The lowest BCUT2D eigenvalue weighted by atomic mass is 10.1. The van der Waals surface area contributed by atoms with Gasteiger partial charge in [-0.15, -0.1) is 11.3 Å². The fourth-order valence-electron chi connectivity index (χ4n) is 3.45. The van der Waals surface area contributed by atoms with E-state index in [1.165, 1.54) is 29.2 Å². The largest absolute Gasteiger partial charge is 0.490 e. The first-order valence-electron chi connectivity index (χ1n) is 11.9. The van der Waals surface area contributed by atoms with Gasteiger partial charge in [0, 0.05) is 22.2 Å². The SMILES string of the molecule is CCOc1cc(/C=N\NC(=O)c2ccc(-c3csc(Nc4ccc(C)cc4)n3)cc2)cc(Cl)c1OCC(=O)O. The molecule has 9 nitrogen and oxygen atoms in total. The highest BCUT2D eigenvalue weighted by atomic mass is 35.5. The summed E-state index contributed by atoms with van der Waals surface area (Å²) in [6.07, 6.45) is 1.40. The van der Waals surface area contributed by atoms with Gasteiger partial charge in [0.05, 0.1) is 23.5 Å². The molecule has 0 atom stereocenters. The molecule has 0 fully saturated rings. The van der Waals surface area contributed by atoms with Gasteiger partial charge in [-0.3, -0.25) is 4.79 Å². The number of carboxylic acids is 1. The van der Waals surface area contributed by atoms with Crippen LogP contribution in [0.3, 0.4) is 0 Å². The molecule has 4 rings (SSSR count). The standard InChI is InChI=1S/C28H25ClN4O5S/c1-3-37-24-13-18(12-22(29)26(24)38-15-25(34)35)14-30-33-27(36)20-8-6-19(7-9-20)23-16-39-28(32-23)31-21-10-4-17(2)5-11-21/h4-14,16H,3,15H2,1-2H3,(H,31,32)(H,33,36)(H,34,35)/b30-14-. The van der Waals surface area contributed by atoms with E-state index in [-0.39, 0.29) is 16.5 Å². The van der Waals surface area contributed by atoms with E-state index in [0.29, 0.717) is 17.7 Å². The average molecular weight is 565 g/mol. The summed E-state index contributed by atoms with van der Waals surface area (Å²) in [5.41, 5.74) is 7.27. The summed E-state index contributed by atoms with van der Waals surface area (Å²) in [5, 5.41) is 19.0. The molecule has 1 amide bonds. The lowest BCUT2D eigenvalue weighted by Gasteiger charge is -2.13. The number of aliphatic carboxylic acids is 1. The Morgan fingerprint density at radius 1 is 1.10 bits per heavy atom. The number of amides is 1. The molecule has 1 heterocycles. The van der Waals surface area contributed by atoms with E-state index in [4.69, 9.17) is 26.2 Å². The molecular weight excluding hydrogens is 540 g/mol. The molecule has 0 unspecified atom stereocenters. The van der Waals surface area contributed by atoms with Gasteiger partial charge in [0.1, 0.15) is 0 Å². The van der Waals surface area contributed by atoms with Crippen LogP contribution >= 0.6 is 22.9 Å². The molecule has 0 saturated carbocycles. The number of thiazole rings is 1. The van der Waals surface area contributed by atoms with Crippen LogP contribution in [0.5, 0.6) is 11.5 Å². The molecule has 11 heteroatoms. The summed E-state index contributed by atoms with van der Waals surface area (Å²) in [6, 6.07) is 18.3. The average Bonchev–Trinajstić information content (AvgIpc) is 3.38. The lowest BCUT2D eigenvalue weighted by Crippen LogP contribution is -2.17. The van der Waals surface area contributed by atoms with Crippen molar-refractivity contribution >= 4 is 51.8 Å². The number of aryl methyl sites for hydroxylation is 1. The van der Waals surface area contributed by atoms with Crippen molar-refractivity contribution in [1.82, 2.24) is 10.4 Å². The molecule has 1 aromatic heterocycles. The van der Waals surface area contributed by atoms with Crippen LogP contribution in [-0.2, 0) is 4.79 Å². The summed E-state index contributed by atoms with van der Waals surface area (Å²) in [5.74, 6) is -1.13. The predicted molar refractivity (Wildman–Crippen MR) is 153 cm³/mol. The number of ether oxygens (including phenoxy) is 2. The first-order chi connectivity index (χ1) is 18.8. The molecule has 4 aromatic rings. The van der Waals surface area contributed by atoms with E-state index < -0.39 is 18.5 Å². The van der Waals surface area contributed by atoms with Gasteiger partial charge >= 0.3 is 5.97 Å². The molecule has 0 saturated heterocycles. The third-order valence-corrected chi connectivity index (χ3v) is 6.34. The van der Waals surface area contributed by atoms with Crippen LogP contribution in [0.4, 0.5) is 10.8 Å². The first kappa shape index (κ1) is 27.6. The Balaban J connectivity index is 1.38. The lowest BCUT2D eigenvalue weighted by molar-refractivity contribution is -0.139. The third kappa shape index (κ3) is 7.56. The molecule has 0 radical (unpaired) electrons. The Hall–Kier alpha value is -4.41. The van der Waals surface area contributed by atoms with E-state index in [1.54, 1.807) is 25.1 Å². The number of nitrogens with one attached hydrogen (secondary N) is 2. The number of hydrogen-bond acceptors (Lipinski definition) is 8. The normalized spacial score (nSPS) is 10.8. The number of carbonyl (C=O) groups excluding carboxylic acids is 1. The van der Waals surface area contributed by atoms with Crippen LogP contribution in [0.15, 0.2) is 71.1 Å². The molecule has 0 aliphatic heterocycles. The summed E-state index contributed by atoms with van der Waals surface area (Å²) in [7, 11) is 0. The second-order valence-corrected chi connectivity index (χ2v) is 9.52. The van der Waals surface area contributed by atoms with Crippen LogP contribution in [0.25, 0.3) is 11.3 Å². The van der Waals surface area contributed by atoms with Crippen LogP contribution in [0.1, 0.15) is 28.4 Å². The number of aromatic nitrogens is 1. The van der Waals surface area contributed by atoms with Crippen LogP contribution in [0.2, 0.25) is 5.02 Å². The number of halogens is 1. The van der Waals surface area contributed by atoms with E-state index in [2.05, 4.69) is 20.8 Å². The Labute approximate surface area is 234 Å². The van der Waals surface area contributed by atoms with Crippen LogP contribution < -0.4 is 20.2 Å². The van der Waals surface area contributed by atoms with Gasteiger partial charge in [0.2, 0.25) is 0 Å². The fraction of sp³-hybridized carbons (Fsp3) is 0.143. The highest BCUT2D eigenvalue weighted by Gasteiger charge is 2.14. The number of rotatable bonds is 11. The molecule has 200 valence electrons. The van der Waals surface area contributed by atoms with Gasteiger partial charge < -0.3 is 19.9 Å². The molecular formula is C28H25ClN4O5S. The van der Waals surface area contributed by atoms with Crippen molar-refractivity contribution in [3.05, 3.63) is 87.8 Å². The number of carboxylic acid groups (broad SMARTS) is 1. The van der Waals surface area contributed by atoms with Crippen LogP contribution in [-0.4, -0.2) is 41.4 Å². The highest BCUT2D eigenvalue weighted by Crippen LogP contribution is 2.36. The zero-order chi connectivity index (χ0) is 27.8. The zero-order valence-electron chi connectivity index (χ0n) is 21.1. The maximum absolute atomic E-state index is 12.6. The van der Waals surface area contributed by atoms with Gasteiger partial charge in [0.25, 0.3) is 5.91 Å². The minimum Gasteiger partial charge on any atom is -0.490 e.